The molecule has 0 aliphatic rings. The van der Waals surface area contributed by atoms with Crippen LogP contribution in [0.3, 0.4) is 0 Å². The van der Waals surface area contributed by atoms with E-state index in [9.17, 15) is 31.1 Å². The molecular formula is C27H22F6N4O. The summed E-state index contributed by atoms with van der Waals surface area (Å²) in [7, 11) is 1.31. The van der Waals surface area contributed by atoms with E-state index in [0.29, 0.717) is 29.3 Å². The summed E-state index contributed by atoms with van der Waals surface area (Å²) in [6.07, 6.45) is -5.31. The van der Waals surface area contributed by atoms with E-state index in [0.717, 1.165) is 16.0 Å². The Morgan fingerprint density at radius 1 is 0.895 bits per heavy atom. The van der Waals surface area contributed by atoms with Crippen LogP contribution in [0.1, 0.15) is 38.4 Å². The van der Waals surface area contributed by atoms with Crippen LogP contribution in [0.15, 0.2) is 67.1 Å². The Balaban J connectivity index is 1.75. The highest BCUT2D eigenvalue weighted by Crippen LogP contribution is 2.37. The van der Waals surface area contributed by atoms with Crippen LogP contribution in [0.5, 0.6) is 0 Å². The van der Waals surface area contributed by atoms with E-state index in [2.05, 4.69) is 9.97 Å². The molecule has 2 heterocycles. The summed E-state index contributed by atoms with van der Waals surface area (Å²) in [6, 6.07) is 10.3. The number of amides is 1. The van der Waals surface area contributed by atoms with Gasteiger partial charge in [-0.05, 0) is 60.4 Å². The molecule has 198 valence electrons. The Morgan fingerprint density at radius 2 is 1.53 bits per heavy atom. The number of nitrogens with zero attached hydrogens (tertiary/aromatic N) is 4. The van der Waals surface area contributed by atoms with E-state index in [1.807, 2.05) is 25.1 Å². The van der Waals surface area contributed by atoms with Gasteiger partial charge in [0.15, 0.2) is 0 Å². The van der Waals surface area contributed by atoms with E-state index >= 15 is 0 Å². The van der Waals surface area contributed by atoms with Crippen molar-refractivity contribution in [3.63, 3.8) is 0 Å². The third-order valence-electron chi connectivity index (χ3n) is 6.04. The van der Waals surface area contributed by atoms with Gasteiger partial charge in [-0.25, -0.2) is 9.97 Å². The summed E-state index contributed by atoms with van der Waals surface area (Å²) in [4.78, 5) is 23.1. The van der Waals surface area contributed by atoms with Gasteiger partial charge in [0.1, 0.15) is 11.6 Å². The van der Waals surface area contributed by atoms with Crippen molar-refractivity contribution < 1.29 is 31.1 Å². The van der Waals surface area contributed by atoms with E-state index in [1.54, 1.807) is 36.0 Å². The van der Waals surface area contributed by atoms with Crippen molar-refractivity contribution in [2.45, 2.75) is 32.7 Å². The molecule has 0 atom stereocenters. The maximum absolute atomic E-state index is 13.5. The molecule has 4 rings (SSSR count). The molecular weight excluding hydrogens is 510 g/mol. The quantitative estimate of drug-likeness (QED) is 0.264. The number of hydrogen-bond acceptors (Lipinski definition) is 3. The lowest BCUT2D eigenvalue weighted by atomic mass is 9.96. The minimum Gasteiger partial charge on any atom is -0.337 e. The summed E-state index contributed by atoms with van der Waals surface area (Å²) in [5.74, 6) is 0.537. The minimum atomic E-state index is -4.98. The molecule has 5 nitrogen and oxygen atoms in total. The van der Waals surface area contributed by atoms with Gasteiger partial charge in [-0.15, -0.1) is 0 Å². The van der Waals surface area contributed by atoms with Crippen LogP contribution in [0.4, 0.5) is 26.3 Å². The fourth-order valence-electron chi connectivity index (χ4n) is 4.13. The highest BCUT2D eigenvalue weighted by atomic mass is 19.4. The SMILES string of the molecule is Cc1ccccc1-c1cc(-n2ccnc2C)ncc1C(=O)N(C)Cc1cc(C(F)(F)F)cc(C(F)(F)F)c1. The second-order valence-corrected chi connectivity index (χ2v) is 8.82. The summed E-state index contributed by atoms with van der Waals surface area (Å²) in [5.41, 5.74) is -0.944. The third-order valence-corrected chi connectivity index (χ3v) is 6.04. The smallest absolute Gasteiger partial charge is 0.337 e. The van der Waals surface area contributed by atoms with Crippen LogP contribution in [0.2, 0.25) is 0 Å². The van der Waals surface area contributed by atoms with Gasteiger partial charge < -0.3 is 4.90 Å². The first-order chi connectivity index (χ1) is 17.8. The van der Waals surface area contributed by atoms with Gasteiger partial charge in [-0.2, -0.15) is 26.3 Å². The van der Waals surface area contributed by atoms with Crippen LogP contribution in [-0.4, -0.2) is 32.4 Å². The van der Waals surface area contributed by atoms with Gasteiger partial charge in [0, 0.05) is 32.2 Å². The fourth-order valence-corrected chi connectivity index (χ4v) is 4.13. The van der Waals surface area contributed by atoms with Gasteiger partial charge in [0.2, 0.25) is 0 Å². The van der Waals surface area contributed by atoms with Crippen LogP contribution in [0.25, 0.3) is 16.9 Å². The Morgan fingerprint density at radius 3 is 2.08 bits per heavy atom. The lowest BCUT2D eigenvalue weighted by Crippen LogP contribution is -2.27. The molecule has 0 radical (unpaired) electrons. The van der Waals surface area contributed by atoms with E-state index in [4.69, 9.17) is 0 Å². The second kappa shape index (κ2) is 9.96. The standard InChI is InChI=1S/C27H22F6N4O/c1-16-6-4-5-7-21(16)22-13-24(37-9-8-34-17(37)2)35-14-23(22)25(38)36(3)15-18-10-19(26(28,29)30)12-20(11-18)27(31,32)33/h4-14H,15H2,1-3H3. The summed E-state index contributed by atoms with van der Waals surface area (Å²) >= 11 is 0. The largest absolute Gasteiger partial charge is 0.416 e. The van der Waals surface area contributed by atoms with Crippen molar-refractivity contribution in [2.24, 2.45) is 0 Å². The zero-order chi connectivity index (χ0) is 27.8. The molecule has 0 N–H and O–H groups in total. The topological polar surface area (TPSA) is 51.0 Å². The van der Waals surface area contributed by atoms with Gasteiger partial charge in [0.25, 0.3) is 5.91 Å². The molecule has 1 amide bonds. The number of aryl methyl sites for hydroxylation is 2. The number of imidazole rings is 1. The van der Waals surface area contributed by atoms with Crippen molar-refractivity contribution >= 4 is 5.91 Å². The first kappa shape index (κ1) is 26.9. The highest BCUT2D eigenvalue weighted by Gasteiger charge is 2.37. The fraction of sp³-hybridized carbons (Fsp3) is 0.222. The number of halogens is 6. The van der Waals surface area contributed by atoms with Crippen molar-refractivity contribution in [2.75, 3.05) is 7.05 Å². The number of aromatic nitrogens is 3. The van der Waals surface area contributed by atoms with Crippen molar-refractivity contribution in [3.8, 4) is 16.9 Å². The normalized spacial score (nSPS) is 12.0. The number of carbonyl (C=O) groups excluding carboxylic acids is 1. The number of alkyl halides is 6. The maximum atomic E-state index is 13.5. The number of carbonyl (C=O) groups is 1. The number of rotatable bonds is 5. The van der Waals surface area contributed by atoms with Gasteiger partial charge in [-0.1, -0.05) is 24.3 Å². The lowest BCUT2D eigenvalue weighted by Gasteiger charge is -2.22. The first-order valence-electron chi connectivity index (χ1n) is 11.4. The van der Waals surface area contributed by atoms with E-state index in [1.165, 1.54) is 13.2 Å². The predicted octanol–water partition coefficient (Wildman–Crippen LogP) is 6.86. The van der Waals surface area contributed by atoms with Crippen LogP contribution in [-0.2, 0) is 18.9 Å². The molecule has 38 heavy (non-hydrogen) atoms. The molecule has 4 aromatic rings. The summed E-state index contributed by atoms with van der Waals surface area (Å²) in [6.45, 7) is 3.16. The molecule has 0 aliphatic heterocycles. The third kappa shape index (κ3) is 5.56. The Bertz CT molecular complexity index is 1460. The van der Waals surface area contributed by atoms with Crippen molar-refractivity contribution in [1.82, 2.24) is 19.4 Å². The summed E-state index contributed by atoms with van der Waals surface area (Å²) in [5, 5.41) is 0. The predicted molar refractivity (Wildman–Crippen MR) is 129 cm³/mol. The Labute approximate surface area is 214 Å². The summed E-state index contributed by atoms with van der Waals surface area (Å²) < 4.78 is 81.5. The van der Waals surface area contributed by atoms with Gasteiger partial charge >= 0.3 is 12.4 Å². The number of hydrogen-bond donors (Lipinski definition) is 0. The van der Waals surface area contributed by atoms with Crippen LogP contribution < -0.4 is 0 Å². The molecule has 0 spiro atoms. The minimum absolute atomic E-state index is 0.0579. The molecule has 2 aromatic carbocycles. The zero-order valence-electron chi connectivity index (χ0n) is 20.5. The van der Waals surface area contributed by atoms with Crippen LogP contribution in [0, 0.1) is 13.8 Å². The monoisotopic (exact) mass is 532 g/mol. The van der Waals surface area contributed by atoms with Gasteiger partial charge in [0.05, 0.1) is 16.7 Å². The van der Waals surface area contributed by atoms with E-state index < -0.39 is 35.9 Å². The average Bonchev–Trinajstić information content (AvgIpc) is 3.28. The molecule has 0 unspecified atom stereocenters. The van der Waals surface area contributed by atoms with Crippen molar-refractivity contribution in [1.29, 1.82) is 0 Å². The zero-order valence-corrected chi connectivity index (χ0v) is 20.5. The van der Waals surface area contributed by atoms with E-state index in [-0.39, 0.29) is 17.2 Å². The molecule has 0 aliphatic carbocycles. The molecule has 11 heteroatoms. The van der Waals surface area contributed by atoms with Gasteiger partial charge in [-0.3, -0.25) is 9.36 Å². The molecule has 2 aromatic heterocycles. The number of benzene rings is 2. The maximum Gasteiger partial charge on any atom is 0.416 e. The molecule has 0 bridgehead atoms. The Hall–Kier alpha value is -4.15. The average molecular weight is 532 g/mol. The molecule has 0 saturated heterocycles. The van der Waals surface area contributed by atoms with Crippen molar-refractivity contribution in [3.05, 3.63) is 101 Å². The Kier molecular flexibility index (Phi) is 7.05. The second-order valence-electron chi connectivity index (χ2n) is 8.82. The highest BCUT2D eigenvalue weighted by molar-refractivity contribution is 6.01. The molecule has 0 saturated carbocycles. The number of pyridine rings is 1. The lowest BCUT2D eigenvalue weighted by molar-refractivity contribution is -0.143. The first-order valence-corrected chi connectivity index (χ1v) is 11.4. The van der Waals surface area contributed by atoms with Crippen LogP contribution >= 0.6 is 0 Å². The molecule has 0 fully saturated rings.